The summed E-state index contributed by atoms with van der Waals surface area (Å²) >= 11 is 0. The van der Waals surface area contributed by atoms with Crippen LogP contribution in [0.25, 0.3) is 0 Å². The summed E-state index contributed by atoms with van der Waals surface area (Å²) in [6.45, 7) is 6.26. The molecule has 4 nitrogen and oxygen atoms in total. The SMILES string of the molecule is CO[Si](CCCCNc1ccccc1C)(CCCCNc1ccccc1C)OC. The van der Waals surface area contributed by atoms with Crippen LogP contribution in [0.3, 0.4) is 0 Å². The highest BCUT2D eigenvalue weighted by Gasteiger charge is 2.33. The summed E-state index contributed by atoms with van der Waals surface area (Å²) in [5.41, 5.74) is 5.06. The van der Waals surface area contributed by atoms with Gasteiger partial charge in [0, 0.05) is 38.7 Å². The Hall–Kier alpha value is -1.82. The van der Waals surface area contributed by atoms with Crippen LogP contribution in [-0.4, -0.2) is 35.9 Å². The highest BCUT2D eigenvalue weighted by atomic mass is 28.4. The third kappa shape index (κ3) is 7.84. The molecule has 0 amide bonds. The fourth-order valence-electron chi connectivity index (χ4n) is 3.64. The topological polar surface area (TPSA) is 42.5 Å². The molecule has 0 saturated heterocycles. The highest BCUT2D eigenvalue weighted by Crippen LogP contribution is 2.24. The first-order chi connectivity index (χ1) is 14.1. The minimum atomic E-state index is -2.08. The van der Waals surface area contributed by atoms with E-state index in [0.717, 1.165) is 50.9 Å². The number of para-hydroxylation sites is 2. The number of rotatable bonds is 14. The lowest BCUT2D eigenvalue weighted by Gasteiger charge is -2.27. The Bertz CT molecular complexity index is 662. The number of anilines is 2. The quantitative estimate of drug-likeness (QED) is 0.288. The van der Waals surface area contributed by atoms with E-state index in [1.54, 1.807) is 0 Å². The van der Waals surface area contributed by atoms with E-state index < -0.39 is 8.56 Å². The number of hydrogen-bond donors (Lipinski definition) is 2. The first kappa shape index (κ1) is 23.5. The van der Waals surface area contributed by atoms with Crippen molar-refractivity contribution in [1.82, 2.24) is 0 Å². The highest BCUT2D eigenvalue weighted by molar-refractivity contribution is 6.67. The van der Waals surface area contributed by atoms with Crippen molar-refractivity contribution in [2.24, 2.45) is 0 Å². The molecule has 2 aromatic rings. The van der Waals surface area contributed by atoms with E-state index in [-0.39, 0.29) is 0 Å². The van der Waals surface area contributed by atoms with Crippen LogP contribution in [0.2, 0.25) is 12.1 Å². The first-order valence-electron chi connectivity index (χ1n) is 10.8. The monoisotopic (exact) mass is 414 g/mol. The molecule has 5 heteroatoms. The zero-order chi connectivity index (χ0) is 21.0. The number of unbranched alkanes of at least 4 members (excludes halogenated alkanes) is 2. The Morgan fingerprint density at radius 2 is 1.07 bits per heavy atom. The molecule has 0 radical (unpaired) electrons. The van der Waals surface area contributed by atoms with Gasteiger partial charge in [-0.3, -0.25) is 0 Å². The Labute approximate surface area is 178 Å². The van der Waals surface area contributed by atoms with Crippen LogP contribution in [0.4, 0.5) is 11.4 Å². The van der Waals surface area contributed by atoms with Crippen molar-refractivity contribution in [1.29, 1.82) is 0 Å². The van der Waals surface area contributed by atoms with Gasteiger partial charge >= 0.3 is 8.56 Å². The van der Waals surface area contributed by atoms with E-state index in [2.05, 4.69) is 73.0 Å². The van der Waals surface area contributed by atoms with Gasteiger partial charge < -0.3 is 19.5 Å². The fourth-order valence-corrected chi connectivity index (χ4v) is 6.45. The predicted molar refractivity (Wildman–Crippen MR) is 127 cm³/mol. The minimum absolute atomic E-state index is 0.989. The summed E-state index contributed by atoms with van der Waals surface area (Å²) in [4.78, 5) is 0. The van der Waals surface area contributed by atoms with E-state index in [0.29, 0.717) is 0 Å². The molecule has 160 valence electrons. The van der Waals surface area contributed by atoms with Crippen LogP contribution in [0.5, 0.6) is 0 Å². The summed E-state index contributed by atoms with van der Waals surface area (Å²) in [5.74, 6) is 0. The summed E-state index contributed by atoms with van der Waals surface area (Å²) in [6, 6.07) is 19.0. The molecule has 0 aliphatic rings. The third-order valence-electron chi connectivity index (χ3n) is 5.63. The molecule has 0 aromatic heterocycles. The largest absolute Gasteiger partial charge is 0.398 e. The minimum Gasteiger partial charge on any atom is -0.398 e. The van der Waals surface area contributed by atoms with Crippen LogP contribution in [0, 0.1) is 13.8 Å². The molecule has 0 aliphatic heterocycles. The van der Waals surface area contributed by atoms with E-state index in [1.807, 2.05) is 14.2 Å². The maximum Gasteiger partial charge on any atom is 0.337 e. The molecular formula is C24H38N2O2Si. The van der Waals surface area contributed by atoms with Crippen LogP contribution < -0.4 is 10.6 Å². The number of hydrogen-bond acceptors (Lipinski definition) is 4. The first-order valence-corrected chi connectivity index (χ1v) is 13.0. The van der Waals surface area contributed by atoms with Gasteiger partial charge in [0.15, 0.2) is 0 Å². The van der Waals surface area contributed by atoms with E-state index in [4.69, 9.17) is 8.85 Å². The van der Waals surface area contributed by atoms with Crippen molar-refractivity contribution >= 4 is 19.9 Å². The Morgan fingerprint density at radius 3 is 1.45 bits per heavy atom. The molecule has 0 fully saturated rings. The van der Waals surface area contributed by atoms with Crippen molar-refractivity contribution < 1.29 is 8.85 Å². The lowest BCUT2D eigenvalue weighted by molar-refractivity contribution is 0.239. The molecule has 2 N–H and O–H groups in total. The van der Waals surface area contributed by atoms with Gasteiger partial charge in [-0.05, 0) is 74.9 Å². The normalized spacial score (nSPS) is 11.4. The van der Waals surface area contributed by atoms with Crippen molar-refractivity contribution in [3.05, 3.63) is 59.7 Å². The molecule has 2 rings (SSSR count). The molecule has 0 unspecified atom stereocenters. The Morgan fingerprint density at radius 1 is 0.655 bits per heavy atom. The zero-order valence-electron chi connectivity index (χ0n) is 18.6. The lowest BCUT2D eigenvalue weighted by Crippen LogP contribution is -2.39. The number of aryl methyl sites for hydroxylation is 2. The van der Waals surface area contributed by atoms with Crippen molar-refractivity contribution in [2.45, 2.75) is 51.6 Å². The molecule has 0 saturated carbocycles. The van der Waals surface area contributed by atoms with Crippen LogP contribution in [0.1, 0.15) is 36.8 Å². The average Bonchev–Trinajstić information content (AvgIpc) is 2.74. The second kappa shape index (κ2) is 12.7. The van der Waals surface area contributed by atoms with Crippen LogP contribution in [-0.2, 0) is 8.85 Å². The smallest absolute Gasteiger partial charge is 0.337 e. The van der Waals surface area contributed by atoms with Crippen molar-refractivity contribution in [2.75, 3.05) is 37.9 Å². The van der Waals surface area contributed by atoms with Crippen molar-refractivity contribution in [3.63, 3.8) is 0 Å². The standard InChI is InChI=1S/C24H38N2O2Si/c1-21-13-5-7-15-23(21)25-17-9-11-19-29(27-3,28-4)20-12-10-18-26-24-16-8-6-14-22(24)2/h5-8,13-16,25-26H,9-12,17-20H2,1-4H3. The van der Waals surface area contributed by atoms with Gasteiger partial charge in [-0.15, -0.1) is 0 Å². The van der Waals surface area contributed by atoms with Gasteiger partial charge in [0.2, 0.25) is 0 Å². The van der Waals surface area contributed by atoms with Gasteiger partial charge in [-0.2, -0.15) is 0 Å². The summed E-state index contributed by atoms with van der Waals surface area (Å²) < 4.78 is 11.9. The van der Waals surface area contributed by atoms with Gasteiger partial charge in [0.25, 0.3) is 0 Å². The van der Waals surface area contributed by atoms with Gasteiger partial charge in [0.1, 0.15) is 0 Å². The van der Waals surface area contributed by atoms with E-state index in [9.17, 15) is 0 Å². The molecule has 0 spiro atoms. The van der Waals surface area contributed by atoms with Crippen molar-refractivity contribution in [3.8, 4) is 0 Å². The molecule has 0 heterocycles. The second-order valence-corrected chi connectivity index (χ2v) is 11.4. The molecule has 0 atom stereocenters. The molecule has 2 aromatic carbocycles. The summed E-state index contributed by atoms with van der Waals surface area (Å²) in [5, 5.41) is 7.08. The van der Waals surface area contributed by atoms with E-state index >= 15 is 0 Å². The molecule has 0 aliphatic carbocycles. The fraction of sp³-hybridized carbons (Fsp3) is 0.500. The molecule has 29 heavy (non-hydrogen) atoms. The van der Waals surface area contributed by atoms with Crippen LogP contribution in [0.15, 0.2) is 48.5 Å². The zero-order valence-corrected chi connectivity index (χ0v) is 19.6. The predicted octanol–water partition coefficient (Wildman–Crippen LogP) is 6.12. The summed E-state index contributed by atoms with van der Waals surface area (Å²) in [6.07, 6.45) is 4.53. The summed E-state index contributed by atoms with van der Waals surface area (Å²) in [7, 11) is 1.57. The Balaban J connectivity index is 1.66. The number of nitrogens with one attached hydrogen (secondary N) is 2. The second-order valence-electron chi connectivity index (χ2n) is 7.72. The third-order valence-corrected chi connectivity index (χ3v) is 9.35. The van der Waals surface area contributed by atoms with Gasteiger partial charge in [-0.25, -0.2) is 0 Å². The van der Waals surface area contributed by atoms with Crippen LogP contribution >= 0.6 is 0 Å². The number of benzene rings is 2. The molecular weight excluding hydrogens is 376 g/mol. The van der Waals surface area contributed by atoms with E-state index in [1.165, 1.54) is 22.5 Å². The maximum atomic E-state index is 5.93. The van der Waals surface area contributed by atoms with Gasteiger partial charge in [0.05, 0.1) is 0 Å². The molecule has 0 bridgehead atoms. The lowest BCUT2D eigenvalue weighted by atomic mass is 10.2. The maximum absolute atomic E-state index is 5.93. The van der Waals surface area contributed by atoms with Gasteiger partial charge in [-0.1, -0.05) is 36.4 Å². The average molecular weight is 415 g/mol. The Kier molecular flexibility index (Phi) is 10.3.